The molecule has 3 aliphatic heterocycles. The van der Waals surface area contributed by atoms with Crippen molar-refractivity contribution < 1.29 is 63.7 Å². The van der Waals surface area contributed by atoms with Gasteiger partial charge in [-0.25, -0.2) is 0 Å². The Morgan fingerprint density at radius 2 is 1.64 bits per heavy atom. The molecule has 3 aliphatic rings. The largest absolute Gasteiger partial charge is 0.507 e. The number of aromatic hydroxyl groups is 3. The molecule has 3 heterocycles. The number of allylic oxidation sites excluding steroid dienone is 2. The predicted octanol–water partition coefficient (Wildman–Crippen LogP) is 6.68. The number of Topliss-reactive ketones (excluding diaryl/α,β-unsaturated/α-hetero) is 1. The van der Waals surface area contributed by atoms with Crippen molar-refractivity contribution in [2.75, 3.05) is 19.0 Å². The number of nitrogens with one attached hydrogen (secondary N) is 1. The van der Waals surface area contributed by atoms with Gasteiger partial charge in [0.1, 0.15) is 30.0 Å². The van der Waals surface area contributed by atoms with Crippen LogP contribution in [0.5, 0.6) is 23.0 Å². The molecule has 324 valence electrons. The van der Waals surface area contributed by atoms with Crippen LogP contribution >= 0.6 is 0 Å². The molecule has 0 saturated carbocycles. The summed E-state index contributed by atoms with van der Waals surface area (Å²) < 4.78 is 23.5. The Balaban J connectivity index is 1.93. The molecule has 5 bridgehead atoms. The van der Waals surface area contributed by atoms with E-state index in [1.165, 1.54) is 53.2 Å². The number of nitrogens with zero attached hydrogens (tertiary/aromatic N) is 1. The first-order valence-corrected chi connectivity index (χ1v) is 20.1. The molecule has 59 heavy (non-hydrogen) atoms. The molecule has 0 saturated heterocycles. The number of hydrogen-bond donors (Lipinski definition) is 6. The molecule has 0 aromatic heterocycles. The van der Waals surface area contributed by atoms with E-state index in [9.17, 15) is 39.9 Å². The van der Waals surface area contributed by atoms with Crippen LogP contribution in [0.1, 0.15) is 103 Å². The number of methoxy groups -OCH3 is 1. The van der Waals surface area contributed by atoms with E-state index in [4.69, 9.17) is 23.8 Å². The summed E-state index contributed by atoms with van der Waals surface area (Å²) in [5.41, 5.74) is -0.556. The third-order valence-electron chi connectivity index (χ3n) is 11.4. The van der Waals surface area contributed by atoms with E-state index < -0.39 is 88.8 Å². The number of aliphatic hydroxyl groups is 2. The van der Waals surface area contributed by atoms with E-state index in [2.05, 4.69) is 17.4 Å². The molecule has 15 nitrogen and oxygen atoms in total. The topological polar surface area (TPSA) is 223 Å². The quantitative estimate of drug-likeness (QED) is 0.0388. The molecule has 1 amide bonds. The molecule has 2 aromatic carbocycles. The average Bonchev–Trinajstić information content (AvgIpc) is 3.46. The lowest BCUT2D eigenvalue weighted by Crippen LogP contribution is -2.46. The van der Waals surface area contributed by atoms with Gasteiger partial charge in [-0.15, -0.1) is 0 Å². The Labute approximate surface area is 345 Å². The van der Waals surface area contributed by atoms with Crippen LogP contribution in [0.4, 0.5) is 5.69 Å². The van der Waals surface area contributed by atoms with E-state index in [0.717, 1.165) is 25.5 Å². The third-order valence-corrected chi connectivity index (χ3v) is 11.4. The summed E-state index contributed by atoms with van der Waals surface area (Å²) in [6, 6.07) is 0. The van der Waals surface area contributed by atoms with Crippen molar-refractivity contribution in [3.8, 4) is 23.0 Å². The van der Waals surface area contributed by atoms with Gasteiger partial charge in [-0.2, -0.15) is 0 Å². The lowest BCUT2D eigenvalue weighted by atomic mass is 9.78. The minimum absolute atomic E-state index is 0.0402. The number of ketones is 1. The Morgan fingerprint density at radius 3 is 2.29 bits per heavy atom. The van der Waals surface area contributed by atoms with Crippen LogP contribution in [-0.4, -0.2) is 93.3 Å². The summed E-state index contributed by atoms with van der Waals surface area (Å²) in [6.07, 6.45) is 8.25. The molecule has 0 aliphatic carbocycles. The number of fused-ring (bicyclic) bond motifs is 14. The van der Waals surface area contributed by atoms with Crippen molar-refractivity contribution >= 4 is 40.3 Å². The first-order valence-electron chi connectivity index (χ1n) is 20.1. The van der Waals surface area contributed by atoms with Gasteiger partial charge in [0.05, 0.1) is 53.0 Å². The van der Waals surface area contributed by atoms with Gasteiger partial charge in [0.15, 0.2) is 5.75 Å². The number of ether oxygens (including phenoxy) is 4. The van der Waals surface area contributed by atoms with Crippen molar-refractivity contribution in [1.82, 2.24) is 0 Å². The number of hydrogen-bond acceptors (Lipinski definition) is 14. The summed E-state index contributed by atoms with van der Waals surface area (Å²) in [4.78, 5) is 45.8. The van der Waals surface area contributed by atoms with Crippen LogP contribution < -0.4 is 10.1 Å². The number of amides is 1. The normalized spacial score (nSPS) is 28.1. The number of aliphatic hydroxyl groups excluding tert-OH is 2. The molecular formula is C44H60N2O13. The number of benzene rings is 2. The van der Waals surface area contributed by atoms with Crippen LogP contribution in [-0.2, 0) is 28.6 Å². The highest BCUT2D eigenvalue weighted by Gasteiger charge is 2.50. The van der Waals surface area contributed by atoms with Crippen molar-refractivity contribution in [3.63, 3.8) is 0 Å². The number of rotatable bonds is 9. The zero-order chi connectivity index (χ0) is 43.9. The number of unbranched alkanes of at least 4 members (excludes halogenated alkanes) is 3. The van der Waals surface area contributed by atoms with E-state index in [0.29, 0.717) is 6.42 Å². The van der Waals surface area contributed by atoms with Crippen molar-refractivity contribution in [1.29, 1.82) is 0 Å². The lowest BCUT2D eigenvalue weighted by molar-refractivity contribution is -0.160. The number of carbonyl (C=O) groups excluding carboxylic acids is 3. The molecule has 0 unspecified atom stereocenters. The Bertz CT molecular complexity index is 2010. The van der Waals surface area contributed by atoms with E-state index >= 15 is 0 Å². The van der Waals surface area contributed by atoms with Gasteiger partial charge in [-0.1, -0.05) is 70.8 Å². The fourth-order valence-electron chi connectivity index (χ4n) is 7.61. The van der Waals surface area contributed by atoms with Crippen molar-refractivity contribution in [2.45, 2.75) is 118 Å². The van der Waals surface area contributed by atoms with E-state index in [-0.39, 0.29) is 51.1 Å². The standard InChI is InChI=1S/C44H60N2O13/c1-11-12-13-14-19-57-45-21-29-34-39(52)32-31(38(29)51)33-41(27(7)37(32)50)59-44(9,42(33)53)56-20-18-30(55-10)24(4)40(58-28(8)47)26(6)36(49)25(5)35(48)22(2)16-15-17-23(3)43(54)46-34/h15-18,20-22,24-26,30,35-36,40,48-52H,11-14,19H2,1-10H3,(H,46,54)/t22-,24+,25-,26-,30+,35+,36-,40+,44+/m1/s1. The van der Waals surface area contributed by atoms with Crippen LogP contribution in [0.2, 0.25) is 0 Å². The summed E-state index contributed by atoms with van der Waals surface area (Å²) in [5.74, 6) is -8.56. The van der Waals surface area contributed by atoms with E-state index in [1.807, 2.05) is 0 Å². The minimum Gasteiger partial charge on any atom is -0.507 e. The fraction of sp³-hybridized carbons (Fsp3) is 0.545. The maximum absolute atomic E-state index is 14.4. The highest BCUT2D eigenvalue weighted by atomic mass is 16.7. The minimum atomic E-state index is -2.05. The second-order valence-electron chi connectivity index (χ2n) is 15.7. The first-order chi connectivity index (χ1) is 27.8. The summed E-state index contributed by atoms with van der Waals surface area (Å²) in [7, 11) is 1.43. The second kappa shape index (κ2) is 19.8. The van der Waals surface area contributed by atoms with Crippen LogP contribution in [0.15, 0.2) is 41.3 Å². The molecule has 6 N–H and O–H groups in total. The van der Waals surface area contributed by atoms with Gasteiger partial charge in [0, 0.05) is 61.2 Å². The summed E-state index contributed by atoms with van der Waals surface area (Å²) >= 11 is 0. The predicted molar refractivity (Wildman–Crippen MR) is 222 cm³/mol. The molecular weight excluding hydrogens is 764 g/mol. The van der Waals surface area contributed by atoms with Gasteiger partial charge in [-0.3, -0.25) is 14.4 Å². The third kappa shape index (κ3) is 9.85. The van der Waals surface area contributed by atoms with Crippen LogP contribution in [0.3, 0.4) is 0 Å². The summed E-state index contributed by atoms with van der Waals surface area (Å²) in [5, 5.41) is 64.1. The average molecular weight is 825 g/mol. The van der Waals surface area contributed by atoms with Gasteiger partial charge in [0.25, 0.3) is 11.7 Å². The van der Waals surface area contributed by atoms with Crippen LogP contribution in [0, 0.1) is 30.6 Å². The SMILES string of the molecule is CCCCCCON=Cc1c2c(O)c3c(O)c(C)c4c(c3c1O)C(=O)[C@@](C)(OC=C[C@H](OC)[C@H](C)[C@H](OC(C)=O)[C@H](C)[C@H](O)[C@H](C)[C@@H](O)[C@H](C)C=CC=C(C)C(=O)N2)O4. The number of phenolic OH excluding ortho intramolecular Hbond substituents is 3. The Morgan fingerprint density at radius 1 is 0.949 bits per heavy atom. The summed E-state index contributed by atoms with van der Waals surface area (Å²) in [6.45, 7) is 14.8. The lowest BCUT2D eigenvalue weighted by Gasteiger charge is -2.38. The molecule has 0 fully saturated rings. The fourth-order valence-corrected chi connectivity index (χ4v) is 7.61. The Hall–Kier alpha value is -5.12. The second-order valence-corrected chi connectivity index (χ2v) is 15.7. The number of phenols is 3. The molecule has 5 rings (SSSR count). The van der Waals surface area contributed by atoms with Crippen molar-refractivity contribution in [3.05, 3.63) is 52.8 Å². The Kier molecular flexibility index (Phi) is 15.6. The number of esters is 1. The maximum atomic E-state index is 14.4. The monoisotopic (exact) mass is 824 g/mol. The zero-order valence-electron chi connectivity index (χ0n) is 35.6. The van der Waals surface area contributed by atoms with Crippen molar-refractivity contribution in [2.24, 2.45) is 28.8 Å². The smallest absolute Gasteiger partial charge is 0.312 e. The van der Waals surface area contributed by atoms with Gasteiger partial charge >= 0.3 is 11.8 Å². The molecule has 0 spiro atoms. The number of carbonyl (C=O) groups is 3. The van der Waals surface area contributed by atoms with Gasteiger partial charge in [0.2, 0.25) is 0 Å². The first kappa shape index (κ1) is 46.6. The maximum Gasteiger partial charge on any atom is 0.312 e. The molecule has 2 aromatic rings. The molecule has 15 heteroatoms. The highest BCUT2D eigenvalue weighted by molar-refractivity contribution is 6.23. The number of anilines is 1. The number of oxime groups is 1. The highest BCUT2D eigenvalue weighted by Crippen LogP contribution is 2.55. The van der Waals surface area contributed by atoms with Gasteiger partial charge in [-0.05, 0) is 32.8 Å². The molecule has 9 atom stereocenters. The molecule has 0 radical (unpaired) electrons. The van der Waals surface area contributed by atoms with Crippen LogP contribution in [0.25, 0.3) is 10.8 Å². The van der Waals surface area contributed by atoms with Gasteiger partial charge < -0.3 is 54.6 Å². The zero-order valence-corrected chi connectivity index (χ0v) is 35.6. The van der Waals surface area contributed by atoms with E-state index in [1.54, 1.807) is 39.8 Å².